The van der Waals surface area contributed by atoms with Crippen LogP contribution in [0.1, 0.15) is 31.3 Å². The van der Waals surface area contributed by atoms with E-state index >= 15 is 0 Å². The van der Waals surface area contributed by atoms with Crippen LogP contribution < -0.4 is 11.2 Å². The zero-order valence-corrected chi connectivity index (χ0v) is 7.80. The number of Topliss-reactive ketones (excluding diaryl/α,β-unsaturated/α-hetero) is 1. The van der Waals surface area contributed by atoms with E-state index in [1.54, 1.807) is 0 Å². The lowest BCUT2D eigenvalue weighted by molar-refractivity contribution is 0.101. The molecule has 0 spiro atoms. The molecule has 0 aliphatic rings. The van der Waals surface area contributed by atoms with Gasteiger partial charge in [0.2, 0.25) is 0 Å². The number of ketones is 1. The fourth-order valence-corrected chi connectivity index (χ4v) is 0.658. The molecule has 0 bridgehead atoms. The number of aromatic nitrogens is 2. The van der Waals surface area contributed by atoms with Gasteiger partial charge in [-0.05, 0) is 0 Å². The summed E-state index contributed by atoms with van der Waals surface area (Å²) >= 11 is 0. The molecule has 0 aliphatic carbocycles. The molecule has 1 aromatic heterocycles. The summed E-state index contributed by atoms with van der Waals surface area (Å²) in [7, 11) is 0. The van der Waals surface area contributed by atoms with E-state index in [-0.39, 0.29) is 11.5 Å². The van der Waals surface area contributed by atoms with Crippen LogP contribution in [0.25, 0.3) is 0 Å². The van der Waals surface area contributed by atoms with Gasteiger partial charge in [0, 0.05) is 13.0 Å². The van der Waals surface area contributed by atoms with Crippen LogP contribution in [-0.4, -0.2) is 15.8 Å². The van der Waals surface area contributed by atoms with Crippen LogP contribution in [-0.2, 0) is 0 Å². The van der Waals surface area contributed by atoms with E-state index < -0.39 is 11.2 Å². The Morgan fingerprint density at radius 1 is 1.23 bits per heavy atom. The number of rotatable bonds is 1. The molecule has 0 radical (unpaired) electrons. The molecule has 0 saturated carbocycles. The summed E-state index contributed by atoms with van der Waals surface area (Å²) in [5, 5.41) is 0. The van der Waals surface area contributed by atoms with Gasteiger partial charge in [0.05, 0.1) is 5.69 Å². The molecule has 5 heteroatoms. The number of nitrogens with one attached hydrogen (secondary N) is 2. The molecule has 0 unspecified atom stereocenters. The lowest BCUT2D eigenvalue weighted by Crippen LogP contribution is -2.24. The quantitative estimate of drug-likeness (QED) is 0.615. The number of aromatic amines is 2. The van der Waals surface area contributed by atoms with Crippen molar-refractivity contribution >= 4 is 5.78 Å². The standard InChI is InChI=1S/C6H6N2O3.C2H6/c1-3(9)4-2-5(10)8-6(11)7-4;1-2/h2H,1H3,(H2,7,8,10,11);1-2H3. The molecule has 1 heterocycles. The van der Waals surface area contributed by atoms with Gasteiger partial charge in [0.1, 0.15) is 0 Å². The molecule has 0 saturated heterocycles. The van der Waals surface area contributed by atoms with Gasteiger partial charge in [-0.2, -0.15) is 0 Å². The van der Waals surface area contributed by atoms with Crippen LogP contribution in [0.3, 0.4) is 0 Å². The normalized spacial score (nSPS) is 8.54. The fourth-order valence-electron chi connectivity index (χ4n) is 0.658. The lowest BCUT2D eigenvalue weighted by Gasteiger charge is -1.90. The number of carbonyl (C=O) groups excluding carboxylic acids is 1. The van der Waals surface area contributed by atoms with Crippen molar-refractivity contribution in [1.82, 2.24) is 9.97 Å². The second-order valence-corrected chi connectivity index (χ2v) is 2.06. The van der Waals surface area contributed by atoms with E-state index in [9.17, 15) is 14.4 Å². The minimum Gasteiger partial charge on any atom is -0.304 e. The van der Waals surface area contributed by atoms with Gasteiger partial charge < -0.3 is 4.98 Å². The topological polar surface area (TPSA) is 82.8 Å². The molecule has 13 heavy (non-hydrogen) atoms. The predicted molar refractivity (Wildman–Crippen MR) is 49.0 cm³/mol. The minimum absolute atomic E-state index is 0.0266. The van der Waals surface area contributed by atoms with Gasteiger partial charge in [-0.3, -0.25) is 14.6 Å². The van der Waals surface area contributed by atoms with Crippen LogP contribution in [0.15, 0.2) is 15.7 Å². The summed E-state index contributed by atoms with van der Waals surface area (Å²) in [6.45, 7) is 5.27. The first kappa shape index (κ1) is 11.4. The first-order valence-corrected chi connectivity index (χ1v) is 3.94. The highest BCUT2D eigenvalue weighted by molar-refractivity contribution is 5.91. The molecule has 1 rings (SSSR count). The third kappa shape index (κ3) is 3.50. The van der Waals surface area contributed by atoms with Crippen molar-refractivity contribution in [2.45, 2.75) is 20.8 Å². The van der Waals surface area contributed by atoms with Crippen molar-refractivity contribution in [2.75, 3.05) is 0 Å². The van der Waals surface area contributed by atoms with Crippen molar-refractivity contribution in [2.24, 2.45) is 0 Å². The summed E-state index contributed by atoms with van der Waals surface area (Å²) in [5.74, 6) is -0.340. The molecule has 2 N–H and O–H groups in total. The third-order valence-corrected chi connectivity index (χ3v) is 1.14. The minimum atomic E-state index is -0.664. The third-order valence-electron chi connectivity index (χ3n) is 1.14. The molecule has 0 aromatic carbocycles. The van der Waals surface area contributed by atoms with Gasteiger partial charge >= 0.3 is 5.69 Å². The molecule has 5 nitrogen and oxygen atoms in total. The summed E-state index contributed by atoms with van der Waals surface area (Å²) in [4.78, 5) is 35.9. The molecular formula is C8H12N2O3. The van der Waals surface area contributed by atoms with E-state index in [0.29, 0.717) is 0 Å². The molecule has 0 atom stereocenters. The summed E-state index contributed by atoms with van der Waals surface area (Å²) < 4.78 is 0. The van der Waals surface area contributed by atoms with Crippen molar-refractivity contribution in [3.05, 3.63) is 32.6 Å². The maximum Gasteiger partial charge on any atom is 0.326 e. The smallest absolute Gasteiger partial charge is 0.304 e. The van der Waals surface area contributed by atoms with Crippen LogP contribution in [0, 0.1) is 0 Å². The summed E-state index contributed by atoms with van der Waals surface area (Å²) in [6.07, 6.45) is 0. The highest BCUT2D eigenvalue weighted by Crippen LogP contribution is 1.84. The maximum atomic E-state index is 10.6. The molecule has 0 fully saturated rings. The first-order valence-electron chi connectivity index (χ1n) is 3.94. The van der Waals surface area contributed by atoms with Crippen LogP contribution >= 0.6 is 0 Å². The van der Waals surface area contributed by atoms with Crippen LogP contribution in [0.5, 0.6) is 0 Å². The van der Waals surface area contributed by atoms with Gasteiger partial charge in [-0.1, -0.05) is 13.8 Å². The van der Waals surface area contributed by atoms with Gasteiger partial charge in [-0.15, -0.1) is 0 Å². The van der Waals surface area contributed by atoms with E-state index in [4.69, 9.17) is 0 Å². The van der Waals surface area contributed by atoms with E-state index in [2.05, 4.69) is 4.98 Å². The first-order chi connectivity index (χ1) is 6.09. The number of hydrogen-bond donors (Lipinski definition) is 2. The Kier molecular flexibility index (Phi) is 4.43. The highest BCUT2D eigenvalue weighted by Gasteiger charge is 1.99. The van der Waals surface area contributed by atoms with Crippen molar-refractivity contribution in [1.29, 1.82) is 0 Å². The zero-order valence-electron chi connectivity index (χ0n) is 7.80. The van der Waals surface area contributed by atoms with Crippen LogP contribution in [0.4, 0.5) is 0 Å². The zero-order chi connectivity index (χ0) is 10.4. The van der Waals surface area contributed by atoms with Gasteiger partial charge in [0.15, 0.2) is 5.78 Å². The Balaban J connectivity index is 0.000000671. The molecule has 0 amide bonds. The highest BCUT2D eigenvalue weighted by atomic mass is 16.2. The van der Waals surface area contributed by atoms with Crippen molar-refractivity contribution in [3.8, 4) is 0 Å². The fraction of sp³-hybridized carbons (Fsp3) is 0.375. The summed E-state index contributed by atoms with van der Waals surface area (Å²) in [6, 6.07) is 1.05. The second kappa shape index (κ2) is 5.08. The Hall–Kier alpha value is -1.65. The Morgan fingerprint density at radius 3 is 2.15 bits per heavy atom. The SMILES string of the molecule is CC.CC(=O)c1cc(=O)[nH]c(=O)[nH]1. The largest absolute Gasteiger partial charge is 0.326 e. The number of hydrogen-bond acceptors (Lipinski definition) is 3. The Bertz CT molecular complexity index is 361. The number of carbonyl (C=O) groups is 1. The van der Waals surface area contributed by atoms with Crippen molar-refractivity contribution < 1.29 is 4.79 Å². The van der Waals surface area contributed by atoms with E-state index in [0.717, 1.165) is 6.07 Å². The second-order valence-electron chi connectivity index (χ2n) is 2.06. The maximum absolute atomic E-state index is 10.6. The summed E-state index contributed by atoms with van der Waals surface area (Å²) in [5.41, 5.74) is -1.21. The van der Waals surface area contributed by atoms with E-state index in [1.165, 1.54) is 6.92 Å². The van der Waals surface area contributed by atoms with Gasteiger partial charge in [0.25, 0.3) is 5.56 Å². The monoisotopic (exact) mass is 184 g/mol. The number of H-pyrrole nitrogens is 2. The molecular weight excluding hydrogens is 172 g/mol. The average Bonchev–Trinajstić information content (AvgIpc) is 2.06. The predicted octanol–water partition coefficient (Wildman–Crippen LogP) is 0.292. The molecule has 1 aromatic rings. The van der Waals surface area contributed by atoms with E-state index in [1.807, 2.05) is 18.8 Å². The van der Waals surface area contributed by atoms with Crippen molar-refractivity contribution in [3.63, 3.8) is 0 Å². The Morgan fingerprint density at radius 2 is 1.77 bits per heavy atom. The molecule has 0 aliphatic heterocycles. The molecule has 72 valence electrons. The van der Waals surface area contributed by atoms with Crippen LogP contribution in [0.2, 0.25) is 0 Å². The lowest BCUT2D eigenvalue weighted by atomic mass is 10.3. The van der Waals surface area contributed by atoms with Gasteiger partial charge in [-0.25, -0.2) is 4.79 Å². The average molecular weight is 184 g/mol. The Labute approximate surface area is 74.8 Å².